The summed E-state index contributed by atoms with van der Waals surface area (Å²) in [7, 11) is 1.79. The van der Waals surface area contributed by atoms with Gasteiger partial charge in [0.25, 0.3) is 0 Å². The Hall–Kier alpha value is -2.41. The molecule has 0 aliphatic rings. The molecule has 0 bridgehead atoms. The molecular formula is C14H15N5OS. The third kappa shape index (κ3) is 2.36. The van der Waals surface area contributed by atoms with Crippen LogP contribution in [0.1, 0.15) is 11.3 Å². The topological polar surface area (TPSA) is 65.5 Å². The molecule has 3 rings (SSSR count). The number of hydrogen-bond acceptors (Lipinski definition) is 3. The monoisotopic (exact) mass is 301 g/mol. The molecule has 1 aromatic carbocycles. The minimum Gasteiger partial charge on any atom is -0.710 e. The number of nitrogens with zero attached hydrogens (tertiary/aromatic N) is 4. The van der Waals surface area contributed by atoms with E-state index in [1.165, 1.54) is 6.33 Å². The summed E-state index contributed by atoms with van der Waals surface area (Å²) < 4.78 is 4.93. The maximum Gasteiger partial charge on any atom is 0.247 e. The van der Waals surface area contributed by atoms with Gasteiger partial charge in [0.15, 0.2) is 10.5 Å². The average Bonchev–Trinajstić information content (AvgIpc) is 2.93. The van der Waals surface area contributed by atoms with E-state index in [1.54, 1.807) is 11.6 Å². The molecule has 0 saturated heterocycles. The van der Waals surface area contributed by atoms with Gasteiger partial charge in [-0.05, 0) is 17.8 Å². The smallest absolute Gasteiger partial charge is 0.247 e. The molecule has 0 radical (unpaired) electrons. The van der Waals surface area contributed by atoms with Crippen molar-refractivity contribution in [1.82, 2.24) is 19.3 Å². The van der Waals surface area contributed by atoms with Gasteiger partial charge in [-0.25, -0.2) is 9.30 Å². The Morgan fingerprint density at radius 3 is 2.67 bits per heavy atom. The van der Waals surface area contributed by atoms with Crippen molar-refractivity contribution in [3.05, 3.63) is 57.9 Å². The molecule has 0 saturated carbocycles. The molecule has 0 amide bonds. The number of imidazole rings is 1. The molecule has 7 heteroatoms. The third-order valence-corrected chi connectivity index (χ3v) is 3.89. The van der Waals surface area contributed by atoms with Crippen LogP contribution in [0.3, 0.4) is 0 Å². The number of nitrogens with one attached hydrogen (secondary N) is 1. The van der Waals surface area contributed by atoms with E-state index >= 15 is 0 Å². The third-order valence-electron chi connectivity index (χ3n) is 3.53. The minimum absolute atomic E-state index is 0.486. The van der Waals surface area contributed by atoms with Crippen molar-refractivity contribution in [3.8, 4) is 11.5 Å². The Morgan fingerprint density at radius 2 is 2.05 bits per heavy atom. The molecule has 0 aliphatic heterocycles. The Kier molecular flexibility index (Phi) is 3.34. The molecule has 0 spiro atoms. The van der Waals surface area contributed by atoms with Crippen molar-refractivity contribution in [3.63, 3.8) is 0 Å². The molecule has 3 aromatic rings. The Labute approximate surface area is 126 Å². The van der Waals surface area contributed by atoms with Gasteiger partial charge in [0.2, 0.25) is 17.8 Å². The Balaban J connectivity index is 2.05. The normalized spacial score (nSPS) is 11.0. The van der Waals surface area contributed by atoms with E-state index < -0.39 is 0 Å². The molecule has 0 unspecified atom stereocenters. The summed E-state index contributed by atoms with van der Waals surface area (Å²) in [6, 6.07) is 10.0. The lowest BCUT2D eigenvalue weighted by Crippen LogP contribution is -2.27. The molecule has 2 heterocycles. The zero-order chi connectivity index (χ0) is 15.0. The van der Waals surface area contributed by atoms with Gasteiger partial charge in [0.05, 0.1) is 0 Å². The van der Waals surface area contributed by atoms with E-state index in [2.05, 4.69) is 10.2 Å². The van der Waals surface area contributed by atoms with Crippen molar-refractivity contribution in [2.24, 2.45) is 7.05 Å². The van der Waals surface area contributed by atoms with Crippen LogP contribution in [0.25, 0.3) is 11.5 Å². The summed E-state index contributed by atoms with van der Waals surface area (Å²) in [6.45, 7) is 2.55. The summed E-state index contributed by atoms with van der Waals surface area (Å²) in [6.07, 6.45) is 1.54. The lowest BCUT2D eigenvalue weighted by atomic mass is 10.2. The van der Waals surface area contributed by atoms with E-state index in [9.17, 15) is 5.21 Å². The van der Waals surface area contributed by atoms with Gasteiger partial charge in [-0.3, -0.25) is 5.10 Å². The van der Waals surface area contributed by atoms with E-state index in [1.807, 2.05) is 41.8 Å². The lowest BCUT2D eigenvalue weighted by molar-refractivity contribution is -0.594. The van der Waals surface area contributed by atoms with Crippen LogP contribution in [0.4, 0.5) is 0 Å². The summed E-state index contributed by atoms with van der Waals surface area (Å²) >= 11 is 5.10. The van der Waals surface area contributed by atoms with E-state index in [4.69, 9.17) is 12.2 Å². The molecule has 1 N–H and O–H groups in total. The second-order valence-corrected chi connectivity index (χ2v) is 5.29. The van der Waals surface area contributed by atoms with Crippen LogP contribution in [-0.2, 0) is 13.6 Å². The molecule has 108 valence electrons. The first-order valence-electron chi connectivity index (χ1n) is 6.52. The van der Waals surface area contributed by atoms with Crippen molar-refractivity contribution in [2.45, 2.75) is 13.5 Å². The number of hydrogen-bond donors (Lipinski definition) is 1. The molecule has 0 aliphatic carbocycles. The van der Waals surface area contributed by atoms with Gasteiger partial charge in [-0.2, -0.15) is 5.10 Å². The quantitative estimate of drug-likeness (QED) is 0.457. The van der Waals surface area contributed by atoms with Crippen molar-refractivity contribution in [1.29, 1.82) is 0 Å². The van der Waals surface area contributed by atoms with Crippen LogP contribution in [0.5, 0.6) is 0 Å². The van der Waals surface area contributed by atoms with Crippen LogP contribution >= 0.6 is 12.2 Å². The first kappa shape index (κ1) is 13.6. The summed E-state index contributed by atoms with van der Waals surface area (Å²) in [4.78, 5) is 0. The SMILES string of the molecule is Cc1c(-c2n[nH]c(=S)n2C)[n+]([O-])cn1Cc1ccccc1. The van der Waals surface area contributed by atoms with Crippen LogP contribution in [0.15, 0.2) is 36.7 Å². The molecule has 21 heavy (non-hydrogen) atoms. The number of aromatic nitrogens is 5. The van der Waals surface area contributed by atoms with Crippen molar-refractivity contribution in [2.75, 3.05) is 0 Å². The van der Waals surface area contributed by atoms with Crippen LogP contribution in [-0.4, -0.2) is 19.3 Å². The number of benzene rings is 1. The number of rotatable bonds is 3. The van der Waals surface area contributed by atoms with Crippen molar-refractivity contribution < 1.29 is 4.73 Å². The van der Waals surface area contributed by atoms with Gasteiger partial charge in [-0.1, -0.05) is 30.3 Å². The fourth-order valence-electron chi connectivity index (χ4n) is 2.33. The fraction of sp³-hybridized carbons (Fsp3) is 0.214. The molecule has 0 atom stereocenters. The first-order valence-corrected chi connectivity index (χ1v) is 6.93. The Bertz CT molecular complexity index is 831. The minimum atomic E-state index is 0.486. The van der Waals surface area contributed by atoms with Gasteiger partial charge < -0.3 is 9.77 Å². The second kappa shape index (κ2) is 5.17. The highest BCUT2D eigenvalue weighted by Crippen LogP contribution is 2.18. The summed E-state index contributed by atoms with van der Waals surface area (Å²) in [5.41, 5.74) is 2.50. The zero-order valence-corrected chi connectivity index (χ0v) is 12.6. The maximum atomic E-state index is 12.2. The second-order valence-electron chi connectivity index (χ2n) is 4.90. The first-order chi connectivity index (χ1) is 10.1. The Morgan fingerprint density at radius 1 is 1.33 bits per heavy atom. The van der Waals surface area contributed by atoms with E-state index in [0.29, 0.717) is 22.8 Å². The van der Waals surface area contributed by atoms with Gasteiger partial charge >= 0.3 is 0 Å². The number of H-pyrrole nitrogens is 1. The molecule has 6 nitrogen and oxygen atoms in total. The fourth-order valence-corrected chi connectivity index (χ4v) is 2.46. The molecule has 2 aromatic heterocycles. The zero-order valence-electron chi connectivity index (χ0n) is 11.8. The van der Waals surface area contributed by atoms with Crippen molar-refractivity contribution >= 4 is 12.2 Å². The van der Waals surface area contributed by atoms with E-state index in [0.717, 1.165) is 16.0 Å². The molecule has 0 fully saturated rings. The lowest BCUT2D eigenvalue weighted by Gasteiger charge is -2.02. The molecular weight excluding hydrogens is 286 g/mol. The highest BCUT2D eigenvalue weighted by Gasteiger charge is 2.22. The largest absolute Gasteiger partial charge is 0.710 e. The van der Waals surface area contributed by atoms with Gasteiger partial charge in [-0.15, -0.1) is 0 Å². The number of aromatic amines is 1. The van der Waals surface area contributed by atoms with Crippen LogP contribution in [0.2, 0.25) is 0 Å². The van der Waals surface area contributed by atoms with E-state index in [-0.39, 0.29) is 0 Å². The summed E-state index contributed by atoms with van der Waals surface area (Å²) in [5, 5.41) is 19.0. The van der Waals surface area contributed by atoms with Gasteiger partial charge in [0, 0.05) is 14.0 Å². The highest BCUT2D eigenvalue weighted by atomic mass is 32.1. The average molecular weight is 301 g/mol. The summed E-state index contributed by atoms with van der Waals surface area (Å²) in [5.74, 6) is 0.541. The predicted molar refractivity (Wildman–Crippen MR) is 81.1 cm³/mol. The van der Waals surface area contributed by atoms with Gasteiger partial charge in [0.1, 0.15) is 6.54 Å². The maximum absolute atomic E-state index is 12.2. The standard InChI is InChI=1S/C14H15N5OS/c1-10-12(13-15-16-14(21)17(13)2)19(20)9-18(10)8-11-6-4-3-5-7-11/h3-7,9H,8H2,1-2H3,(H,16,21). The predicted octanol–water partition coefficient (Wildman–Crippen LogP) is 1.94. The highest BCUT2D eigenvalue weighted by molar-refractivity contribution is 7.71. The van der Waals surface area contributed by atoms with Crippen LogP contribution < -0.4 is 4.73 Å². The van der Waals surface area contributed by atoms with Crippen LogP contribution in [0, 0.1) is 16.9 Å².